The summed E-state index contributed by atoms with van der Waals surface area (Å²) in [4.78, 5) is 32.0. The van der Waals surface area contributed by atoms with Gasteiger partial charge in [-0.2, -0.15) is 0 Å². The molecule has 132 valence electrons. The van der Waals surface area contributed by atoms with Gasteiger partial charge in [-0.3, -0.25) is 4.89 Å². The Bertz CT molecular complexity index is 540. The van der Waals surface area contributed by atoms with Gasteiger partial charge in [0.25, 0.3) is 0 Å². The minimum absolute atomic E-state index is 0.183. The Labute approximate surface area is 140 Å². The third-order valence-electron chi connectivity index (χ3n) is 4.15. The molecule has 0 N–H and O–H groups in total. The molecule has 1 saturated carbocycles. The molecule has 7 heteroatoms. The van der Waals surface area contributed by atoms with Crippen molar-refractivity contribution in [1.29, 1.82) is 0 Å². The number of hydrogen-bond acceptors (Lipinski definition) is 7. The average Bonchev–Trinajstić information content (AvgIpc) is 2.62. The smallest absolute Gasteiger partial charge is 0.497 e. The van der Waals surface area contributed by atoms with E-state index in [0.717, 1.165) is 32.1 Å². The van der Waals surface area contributed by atoms with Crippen LogP contribution in [0.3, 0.4) is 0 Å². The molecule has 24 heavy (non-hydrogen) atoms. The van der Waals surface area contributed by atoms with Gasteiger partial charge in [0.15, 0.2) is 0 Å². The van der Waals surface area contributed by atoms with Crippen LogP contribution in [0.2, 0.25) is 0 Å². The lowest BCUT2D eigenvalue weighted by atomic mass is 9.85. The molecule has 7 nitrogen and oxygen atoms in total. The minimum atomic E-state index is -1.01. The first-order valence-electron chi connectivity index (χ1n) is 8.04. The zero-order valence-corrected chi connectivity index (χ0v) is 13.9. The van der Waals surface area contributed by atoms with Crippen LogP contribution < -0.4 is 4.74 Å². The van der Waals surface area contributed by atoms with Crippen LogP contribution in [-0.4, -0.2) is 25.3 Å². The molecule has 1 aliphatic rings. The third-order valence-corrected chi connectivity index (χ3v) is 4.15. The molecule has 0 aromatic heterocycles. The van der Waals surface area contributed by atoms with Gasteiger partial charge < -0.3 is 9.47 Å². The molecular formula is C17H22O7. The average molecular weight is 338 g/mol. The SMILES string of the molecule is CCC1CCCCC1OC(=O)OOOC(=O)c1ccc(OC)cc1. The van der Waals surface area contributed by atoms with Gasteiger partial charge in [0, 0.05) is 0 Å². The number of hydrogen-bond donors (Lipinski definition) is 0. The zero-order chi connectivity index (χ0) is 17.4. The number of ether oxygens (including phenoxy) is 2. The number of carbonyl (C=O) groups is 2. The highest BCUT2D eigenvalue weighted by Crippen LogP contribution is 2.29. The van der Waals surface area contributed by atoms with Crippen LogP contribution >= 0.6 is 0 Å². The number of rotatable bonds is 6. The second-order valence-corrected chi connectivity index (χ2v) is 5.61. The van der Waals surface area contributed by atoms with Crippen LogP contribution in [-0.2, 0) is 19.6 Å². The van der Waals surface area contributed by atoms with E-state index in [1.54, 1.807) is 12.1 Å². The predicted octanol–water partition coefficient (Wildman–Crippen LogP) is 3.82. The fourth-order valence-electron chi connectivity index (χ4n) is 2.79. The summed E-state index contributed by atoms with van der Waals surface area (Å²) < 4.78 is 10.2. The molecule has 0 heterocycles. The summed E-state index contributed by atoms with van der Waals surface area (Å²) in [6, 6.07) is 6.19. The van der Waals surface area contributed by atoms with Crippen molar-refractivity contribution in [1.82, 2.24) is 0 Å². The molecule has 0 bridgehead atoms. The van der Waals surface area contributed by atoms with E-state index in [-0.39, 0.29) is 11.7 Å². The molecule has 2 atom stereocenters. The normalized spacial score (nSPS) is 20.1. The lowest BCUT2D eigenvalue weighted by Gasteiger charge is -2.29. The molecule has 0 spiro atoms. The van der Waals surface area contributed by atoms with Crippen molar-refractivity contribution in [2.24, 2.45) is 5.92 Å². The van der Waals surface area contributed by atoms with Crippen LogP contribution in [0.25, 0.3) is 0 Å². The molecule has 1 aromatic rings. The van der Waals surface area contributed by atoms with Crippen molar-refractivity contribution in [3.05, 3.63) is 29.8 Å². The Morgan fingerprint density at radius 2 is 1.79 bits per heavy atom. The Morgan fingerprint density at radius 1 is 1.08 bits per heavy atom. The Morgan fingerprint density at radius 3 is 2.46 bits per heavy atom. The van der Waals surface area contributed by atoms with E-state index in [9.17, 15) is 9.59 Å². The van der Waals surface area contributed by atoms with E-state index in [4.69, 9.17) is 9.47 Å². The van der Waals surface area contributed by atoms with Gasteiger partial charge in [0.05, 0.1) is 17.7 Å². The monoisotopic (exact) mass is 338 g/mol. The molecule has 0 saturated heterocycles. The first-order chi connectivity index (χ1) is 11.6. The first kappa shape index (κ1) is 18.1. The summed E-state index contributed by atoms with van der Waals surface area (Å²) in [5.41, 5.74) is 0.228. The molecule has 2 unspecified atom stereocenters. The predicted molar refractivity (Wildman–Crippen MR) is 83.1 cm³/mol. The van der Waals surface area contributed by atoms with Crippen LogP contribution in [0.4, 0.5) is 4.79 Å². The topological polar surface area (TPSA) is 80.3 Å². The van der Waals surface area contributed by atoms with Gasteiger partial charge >= 0.3 is 12.1 Å². The van der Waals surface area contributed by atoms with Gasteiger partial charge in [-0.1, -0.05) is 13.3 Å². The minimum Gasteiger partial charge on any atom is -0.497 e. The van der Waals surface area contributed by atoms with Crippen LogP contribution in [0.1, 0.15) is 49.4 Å². The molecule has 1 aliphatic carbocycles. The fourth-order valence-corrected chi connectivity index (χ4v) is 2.79. The standard InChI is InChI=1S/C17H22O7/c1-3-12-6-4-5-7-15(12)21-17(19)23-24-22-16(18)13-8-10-14(20-2)11-9-13/h8-12,15H,3-7H2,1-2H3. The maximum absolute atomic E-state index is 11.7. The summed E-state index contributed by atoms with van der Waals surface area (Å²) in [6.45, 7) is 2.06. The molecule has 0 aliphatic heterocycles. The van der Waals surface area contributed by atoms with Crippen molar-refractivity contribution in [3.63, 3.8) is 0 Å². The van der Waals surface area contributed by atoms with E-state index in [2.05, 4.69) is 21.7 Å². The Balaban J connectivity index is 1.72. The summed E-state index contributed by atoms with van der Waals surface area (Å²) in [5.74, 6) is 0.132. The van der Waals surface area contributed by atoms with E-state index in [1.807, 2.05) is 0 Å². The lowest BCUT2D eigenvalue weighted by Crippen LogP contribution is -2.30. The fraction of sp³-hybridized carbons (Fsp3) is 0.529. The van der Waals surface area contributed by atoms with Crippen molar-refractivity contribution in [2.75, 3.05) is 7.11 Å². The van der Waals surface area contributed by atoms with Crippen LogP contribution in [0, 0.1) is 5.92 Å². The highest BCUT2D eigenvalue weighted by atomic mass is 17.5. The third kappa shape index (κ3) is 5.13. The maximum atomic E-state index is 11.7. The molecule has 0 radical (unpaired) electrons. The zero-order valence-electron chi connectivity index (χ0n) is 13.9. The van der Waals surface area contributed by atoms with Gasteiger partial charge in [-0.05, 0) is 55.9 Å². The molecule has 2 rings (SSSR count). The van der Waals surface area contributed by atoms with Crippen LogP contribution in [0.5, 0.6) is 5.75 Å². The van der Waals surface area contributed by atoms with Crippen molar-refractivity contribution >= 4 is 12.1 Å². The summed E-state index contributed by atoms with van der Waals surface area (Å²) in [5, 5.41) is 4.22. The number of benzene rings is 1. The van der Waals surface area contributed by atoms with Crippen molar-refractivity contribution in [3.8, 4) is 5.75 Å². The quantitative estimate of drug-likeness (QED) is 0.443. The second kappa shape index (κ2) is 9.12. The highest BCUT2D eigenvalue weighted by Gasteiger charge is 2.28. The maximum Gasteiger partial charge on any atom is 0.543 e. The molecule has 0 amide bonds. The highest BCUT2D eigenvalue weighted by molar-refractivity contribution is 5.89. The van der Waals surface area contributed by atoms with E-state index in [1.165, 1.54) is 19.2 Å². The summed E-state index contributed by atoms with van der Waals surface area (Å²) >= 11 is 0. The van der Waals surface area contributed by atoms with Gasteiger partial charge in [-0.15, -0.1) is 0 Å². The van der Waals surface area contributed by atoms with Gasteiger partial charge in [-0.25, -0.2) is 14.5 Å². The van der Waals surface area contributed by atoms with Crippen LogP contribution in [0.15, 0.2) is 24.3 Å². The molecule has 1 fully saturated rings. The first-order valence-corrected chi connectivity index (χ1v) is 8.04. The molecule has 1 aromatic carbocycles. The van der Waals surface area contributed by atoms with E-state index in [0.29, 0.717) is 11.7 Å². The number of methoxy groups -OCH3 is 1. The van der Waals surface area contributed by atoms with E-state index >= 15 is 0 Å². The lowest BCUT2D eigenvalue weighted by molar-refractivity contribution is -0.453. The Kier molecular flexibility index (Phi) is 6.87. The largest absolute Gasteiger partial charge is 0.543 e. The second-order valence-electron chi connectivity index (χ2n) is 5.61. The van der Waals surface area contributed by atoms with Gasteiger partial charge in [0.2, 0.25) is 0 Å². The summed E-state index contributed by atoms with van der Waals surface area (Å²) in [7, 11) is 1.52. The molecular weight excluding hydrogens is 316 g/mol. The van der Waals surface area contributed by atoms with Gasteiger partial charge in [0.1, 0.15) is 11.9 Å². The van der Waals surface area contributed by atoms with E-state index < -0.39 is 12.1 Å². The summed E-state index contributed by atoms with van der Waals surface area (Å²) in [6.07, 6.45) is 3.73. The number of carbonyl (C=O) groups excluding carboxylic acids is 2. The van der Waals surface area contributed by atoms with Crippen molar-refractivity contribution < 1.29 is 33.9 Å². The Hall–Kier alpha value is -2.28. The van der Waals surface area contributed by atoms with Crippen molar-refractivity contribution in [2.45, 2.75) is 45.1 Å².